The van der Waals surface area contributed by atoms with E-state index in [0.29, 0.717) is 17.4 Å². The maximum atomic E-state index is 11.5. The standard InChI is InChI=1S/C20H24O10/c1-20(2,30-19-15(25)14(24)13(23)10(7-21)27-19)11-6-9-5-8-3-4-12(22)29-17(8)16(26)18(9)28-11/h3-5,10-11,13-15,19,21,23-26H,6-7H2,1-2H3/t10-,11?,13-,14+,15-,19+/m1/s1. The number of hydrogen-bond acceptors (Lipinski definition) is 10. The Morgan fingerprint density at radius 1 is 1.17 bits per heavy atom. The van der Waals surface area contributed by atoms with Crippen LogP contribution in [0.2, 0.25) is 0 Å². The second-order valence-corrected chi connectivity index (χ2v) is 8.12. The van der Waals surface area contributed by atoms with Crippen LogP contribution in [-0.2, 0) is 15.9 Å². The first-order valence-electron chi connectivity index (χ1n) is 9.56. The van der Waals surface area contributed by atoms with E-state index in [9.17, 15) is 30.3 Å². The number of aliphatic hydroxyl groups is 4. The molecule has 10 heteroatoms. The monoisotopic (exact) mass is 424 g/mol. The average molecular weight is 424 g/mol. The van der Waals surface area contributed by atoms with Crippen molar-refractivity contribution in [1.82, 2.24) is 0 Å². The summed E-state index contributed by atoms with van der Waals surface area (Å²) in [7, 11) is 0. The van der Waals surface area contributed by atoms with Crippen molar-refractivity contribution in [3.05, 3.63) is 34.2 Å². The van der Waals surface area contributed by atoms with E-state index < -0.39 is 54.6 Å². The van der Waals surface area contributed by atoms with E-state index in [1.54, 1.807) is 26.0 Å². The minimum absolute atomic E-state index is 0.0227. The number of hydrogen-bond donors (Lipinski definition) is 5. The number of ether oxygens (including phenoxy) is 3. The second-order valence-electron chi connectivity index (χ2n) is 8.12. The third-order valence-electron chi connectivity index (χ3n) is 5.62. The molecule has 10 nitrogen and oxygen atoms in total. The van der Waals surface area contributed by atoms with Crippen LogP contribution in [0.25, 0.3) is 11.0 Å². The van der Waals surface area contributed by atoms with Gasteiger partial charge in [-0.1, -0.05) is 0 Å². The van der Waals surface area contributed by atoms with Gasteiger partial charge in [0.05, 0.1) is 6.61 Å². The molecule has 2 aliphatic rings. The zero-order chi connectivity index (χ0) is 21.8. The molecule has 0 aliphatic carbocycles. The number of aromatic hydroxyl groups is 1. The minimum atomic E-state index is -1.56. The fraction of sp³-hybridized carbons (Fsp3) is 0.550. The lowest BCUT2D eigenvalue weighted by atomic mass is 9.95. The number of aliphatic hydroxyl groups excluding tert-OH is 4. The zero-order valence-electron chi connectivity index (χ0n) is 16.4. The molecule has 0 saturated carbocycles. The van der Waals surface area contributed by atoms with Crippen molar-refractivity contribution < 1.29 is 44.2 Å². The number of phenols is 1. The molecule has 0 bridgehead atoms. The van der Waals surface area contributed by atoms with E-state index in [-0.39, 0.29) is 17.1 Å². The van der Waals surface area contributed by atoms with E-state index in [0.717, 1.165) is 0 Å². The van der Waals surface area contributed by atoms with Gasteiger partial charge in [-0.05, 0) is 26.0 Å². The van der Waals surface area contributed by atoms with Crippen molar-refractivity contribution in [2.75, 3.05) is 6.61 Å². The normalized spacial score (nSPS) is 31.5. The Morgan fingerprint density at radius 2 is 1.90 bits per heavy atom. The van der Waals surface area contributed by atoms with Crippen LogP contribution in [0.4, 0.5) is 0 Å². The molecule has 6 atom stereocenters. The van der Waals surface area contributed by atoms with Crippen molar-refractivity contribution in [1.29, 1.82) is 0 Å². The Morgan fingerprint density at radius 3 is 2.60 bits per heavy atom. The lowest BCUT2D eigenvalue weighted by Gasteiger charge is -2.43. The van der Waals surface area contributed by atoms with Gasteiger partial charge in [-0.2, -0.15) is 0 Å². The number of benzene rings is 1. The topological polar surface area (TPSA) is 159 Å². The van der Waals surface area contributed by atoms with Gasteiger partial charge in [-0.15, -0.1) is 0 Å². The molecule has 164 valence electrons. The first kappa shape index (κ1) is 21.0. The third-order valence-corrected chi connectivity index (χ3v) is 5.62. The van der Waals surface area contributed by atoms with Crippen LogP contribution < -0.4 is 10.4 Å². The maximum absolute atomic E-state index is 11.5. The summed E-state index contributed by atoms with van der Waals surface area (Å²) < 4.78 is 22.3. The predicted octanol–water partition coefficient (Wildman–Crippen LogP) is -0.603. The van der Waals surface area contributed by atoms with Gasteiger partial charge in [0.1, 0.15) is 36.1 Å². The van der Waals surface area contributed by atoms with E-state index in [1.807, 2.05) is 0 Å². The molecule has 1 aromatic heterocycles. The van der Waals surface area contributed by atoms with Gasteiger partial charge in [0, 0.05) is 23.4 Å². The van der Waals surface area contributed by atoms with E-state index in [1.165, 1.54) is 6.07 Å². The third kappa shape index (κ3) is 3.45. The summed E-state index contributed by atoms with van der Waals surface area (Å²) in [6.07, 6.45) is -7.28. The molecule has 0 radical (unpaired) electrons. The van der Waals surface area contributed by atoms with Gasteiger partial charge >= 0.3 is 5.63 Å². The molecule has 2 aromatic rings. The molecule has 1 fully saturated rings. The quantitative estimate of drug-likeness (QED) is 0.401. The number of phenolic OH excluding ortho intramolecular Hbond substituents is 1. The summed E-state index contributed by atoms with van der Waals surface area (Å²) in [4.78, 5) is 11.5. The molecule has 0 spiro atoms. The summed E-state index contributed by atoms with van der Waals surface area (Å²) >= 11 is 0. The molecule has 30 heavy (non-hydrogen) atoms. The van der Waals surface area contributed by atoms with Crippen LogP contribution in [0.1, 0.15) is 19.4 Å². The van der Waals surface area contributed by atoms with Gasteiger partial charge in [-0.25, -0.2) is 4.79 Å². The van der Waals surface area contributed by atoms with Crippen LogP contribution in [0.15, 0.2) is 27.4 Å². The summed E-state index contributed by atoms with van der Waals surface area (Å²) in [5.74, 6) is -0.112. The van der Waals surface area contributed by atoms with Crippen molar-refractivity contribution in [3.8, 4) is 11.5 Å². The van der Waals surface area contributed by atoms with Gasteiger partial charge in [0.15, 0.2) is 17.6 Å². The van der Waals surface area contributed by atoms with Crippen molar-refractivity contribution in [2.24, 2.45) is 0 Å². The molecule has 1 aromatic carbocycles. The van der Waals surface area contributed by atoms with Gasteiger partial charge in [-0.3, -0.25) is 0 Å². The number of rotatable bonds is 4. The van der Waals surface area contributed by atoms with Crippen molar-refractivity contribution in [2.45, 2.75) is 62.7 Å². The second kappa shape index (κ2) is 7.49. The van der Waals surface area contributed by atoms with Crippen molar-refractivity contribution >= 4 is 11.0 Å². The molecule has 1 saturated heterocycles. The average Bonchev–Trinajstić information content (AvgIpc) is 3.14. The summed E-state index contributed by atoms with van der Waals surface area (Å²) in [6, 6.07) is 4.55. The first-order chi connectivity index (χ1) is 14.1. The fourth-order valence-electron chi connectivity index (χ4n) is 3.83. The van der Waals surface area contributed by atoms with Crippen LogP contribution in [0, 0.1) is 0 Å². The molecule has 0 amide bonds. The molecule has 3 heterocycles. The van der Waals surface area contributed by atoms with E-state index in [2.05, 4.69) is 0 Å². The SMILES string of the molecule is CC(C)(O[C@@H]1O[C@H](CO)[C@@H](O)[C@H](O)[C@H]1O)C1Cc2cc3ccc(=O)oc3c(O)c2O1. The van der Waals surface area contributed by atoms with Crippen LogP contribution >= 0.6 is 0 Å². The predicted molar refractivity (Wildman–Crippen MR) is 101 cm³/mol. The molecular weight excluding hydrogens is 400 g/mol. The molecule has 2 aliphatic heterocycles. The Bertz CT molecular complexity index is 997. The Kier molecular flexibility index (Phi) is 5.25. The Labute approximate surface area is 170 Å². The van der Waals surface area contributed by atoms with E-state index in [4.69, 9.17) is 18.6 Å². The smallest absolute Gasteiger partial charge is 0.336 e. The van der Waals surface area contributed by atoms with Gasteiger partial charge < -0.3 is 44.2 Å². The fourth-order valence-corrected chi connectivity index (χ4v) is 3.83. The summed E-state index contributed by atoms with van der Waals surface area (Å²) in [5.41, 5.74) is -0.968. The van der Waals surface area contributed by atoms with Crippen LogP contribution in [0.3, 0.4) is 0 Å². The zero-order valence-corrected chi connectivity index (χ0v) is 16.4. The molecule has 4 rings (SSSR count). The van der Waals surface area contributed by atoms with Crippen LogP contribution in [-0.4, -0.2) is 74.6 Å². The number of fused-ring (bicyclic) bond motifs is 2. The molecule has 5 N–H and O–H groups in total. The Hall–Kier alpha value is -2.21. The highest BCUT2D eigenvalue weighted by atomic mass is 16.7. The van der Waals surface area contributed by atoms with Gasteiger partial charge in [0.25, 0.3) is 0 Å². The van der Waals surface area contributed by atoms with E-state index >= 15 is 0 Å². The van der Waals surface area contributed by atoms with Crippen LogP contribution in [0.5, 0.6) is 11.5 Å². The first-order valence-corrected chi connectivity index (χ1v) is 9.56. The highest BCUT2D eigenvalue weighted by Gasteiger charge is 2.48. The summed E-state index contributed by atoms with van der Waals surface area (Å²) in [6.45, 7) is 2.80. The molecule has 1 unspecified atom stereocenters. The lowest BCUT2D eigenvalue weighted by Crippen LogP contribution is -2.61. The lowest BCUT2D eigenvalue weighted by molar-refractivity contribution is -0.329. The minimum Gasteiger partial charge on any atom is -0.502 e. The largest absolute Gasteiger partial charge is 0.502 e. The highest BCUT2D eigenvalue weighted by Crippen LogP contribution is 2.45. The van der Waals surface area contributed by atoms with Gasteiger partial charge in [0.2, 0.25) is 5.75 Å². The molecular formula is C20H24O10. The highest BCUT2D eigenvalue weighted by molar-refractivity contribution is 5.86. The van der Waals surface area contributed by atoms with Crippen molar-refractivity contribution in [3.63, 3.8) is 0 Å². The summed E-state index contributed by atoms with van der Waals surface area (Å²) in [5, 5.41) is 50.5. The Balaban J connectivity index is 1.57. The maximum Gasteiger partial charge on any atom is 0.336 e.